The summed E-state index contributed by atoms with van der Waals surface area (Å²) in [7, 11) is 2.10. The van der Waals surface area contributed by atoms with Gasteiger partial charge in [-0.1, -0.05) is 18.2 Å². The maximum Gasteiger partial charge on any atom is 0.211 e. The molecule has 5 rings (SSSR count). The zero-order valence-corrected chi connectivity index (χ0v) is 16.7. The fourth-order valence-electron chi connectivity index (χ4n) is 4.35. The Bertz CT molecular complexity index is 1140. The average Bonchev–Trinajstić information content (AvgIpc) is 2.92. The zero-order chi connectivity index (χ0) is 20.1. The number of ether oxygens (including phenoxy) is 1. The molecule has 0 N–H and O–H groups in total. The summed E-state index contributed by atoms with van der Waals surface area (Å²) in [5.41, 5.74) is 4.28. The first-order valence-electron chi connectivity index (χ1n) is 9.69. The van der Waals surface area contributed by atoms with E-state index in [1.54, 1.807) is 12.4 Å². The summed E-state index contributed by atoms with van der Waals surface area (Å²) in [6.45, 7) is 4.48. The van der Waals surface area contributed by atoms with Gasteiger partial charge >= 0.3 is 0 Å². The van der Waals surface area contributed by atoms with Gasteiger partial charge in [-0.2, -0.15) is 10.2 Å². The molecule has 0 fully saturated rings. The van der Waals surface area contributed by atoms with E-state index in [2.05, 4.69) is 77.4 Å². The number of nitrogens with zero attached hydrogens (tertiary/aromatic N) is 4. The second kappa shape index (κ2) is 6.27. The van der Waals surface area contributed by atoms with Gasteiger partial charge in [-0.25, -0.2) is 0 Å². The van der Waals surface area contributed by atoms with Gasteiger partial charge in [0.2, 0.25) is 5.72 Å². The Morgan fingerprint density at radius 3 is 2.48 bits per heavy atom. The molecule has 3 heterocycles. The molecule has 0 aliphatic carbocycles. The Kier molecular flexibility index (Phi) is 3.81. The van der Waals surface area contributed by atoms with Gasteiger partial charge in [-0.3, -0.25) is 4.98 Å². The summed E-state index contributed by atoms with van der Waals surface area (Å²) in [6.07, 6.45) is 7.71. The Morgan fingerprint density at radius 1 is 0.931 bits per heavy atom. The third-order valence-corrected chi connectivity index (χ3v) is 6.02. The van der Waals surface area contributed by atoms with Crippen LogP contribution in [0.1, 0.15) is 25.0 Å². The standard InChI is InChI=1S/C24H22N4O/c1-23(2)20-6-4-5-7-21(20)28(3)24(23)13-10-17-16-19(8-9-22(17)29-24)27-26-18-11-14-25-15-12-18/h4-16H,1-3H3. The van der Waals surface area contributed by atoms with E-state index in [1.807, 2.05) is 30.3 Å². The number of aromatic nitrogens is 1. The fraction of sp³-hybridized carbons (Fsp3) is 0.208. The predicted octanol–water partition coefficient (Wildman–Crippen LogP) is 6.03. The molecule has 1 unspecified atom stereocenters. The minimum Gasteiger partial charge on any atom is -0.463 e. The molecule has 0 bridgehead atoms. The topological polar surface area (TPSA) is 50.1 Å². The molecule has 0 radical (unpaired) electrons. The van der Waals surface area contributed by atoms with Crippen LogP contribution in [0.5, 0.6) is 5.75 Å². The molecular weight excluding hydrogens is 360 g/mol. The van der Waals surface area contributed by atoms with Crippen molar-refractivity contribution in [3.63, 3.8) is 0 Å². The second-order valence-electron chi connectivity index (χ2n) is 7.96. The number of fused-ring (bicyclic) bond motifs is 2. The Labute approximate surface area is 170 Å². The summed E-state index contributed by atoms with van der Waals surface area (Å²) >= 11 is 0. The van der Waals surface area contributed by atoms with Crippen LogP contribution in [0.15, 0.2) is 83.3 Å². The maximum absolute atomic E-state index is 6.67. The molecule has 1 atom stereocenters. The number of pyridine rings is 1. The van der Waals surface area contributed by atoms with Gasteiger partial charge in [0.1, 0.15) is 5.75 Å². The van der Waals surface area contributed by atoms with Crippen LogP contribution in [0, 0.1) is 0 Å². The van der Waals surface area contributed by atoms with Gasteiger partial charge in [0.05, 0.1) is 16.8 Å². The molecular formula is C24H22N4O. The van der Waals surface area contributed by atoms with Crippen LogP contribution in [0.4, 0.5) is 17.1 Å². The fourth-order valence-corrected chi connectivity index (χ4v) is 4.35. The van der Waals surface area contributed by atoms with Gasteiger partial charge < -0.3 is 9.64 Å². The van der Waals surface area contributed by atoms with Crippen molar-refractivity contribution in [3.05, 3.63) is 84.2 Å². The summed E-state index contributed by atoms with van der Waals surface area (Å²) in [5, 5.41) is 8.62. The van der Waals surface area contributed by atoms with Crippen LogP contribution in [-0.2, 0) is 5.41 Å². The number of benzene rings is 2. The van der Waals surface area contributed by atoms with Gasteiger partial charge in [0.25, 0.3) is 0 Å². The number of hydrogen-bond donors (Lipinski definition) is 0. The van der Waals surface area contributed by atoms with Gasteiger partial charge in [0, 0.05) is 30.7 Å². The molecule has 2 aromatic carbocycles. The van der Waals surface area contributed by atoms with Crippen LogP contribution in [0.2, 0.25) is 0 Å². The van der Waals surface area contributed by atoms with Crippen molar-refractivity contribution in [2.75, 3.05) is 11.9 Å². The molecule has 3 aromatic rings. The van der Waals surface area contributed by atoms with Gasteiger partial charge in [0.15, 0.2) is 0 Å². The summed E-state index contributed by atoms with van der Waals surface area (Å²) in [6, 6.07) is 18.1. The minimum absolute atomic E-state index is 0.202. The zero-order valence-electron chi connectivity index (χ0n) is 16.7. The average molecular weight is 382 g/mol. The maximum atomic E-state index is 6.67. The lowest BCUT2D eigenvalue weighted by atomic mass is 9.76. The van der Waals surface area contributed by atoms with E-state index < -0.39 is 5.72 Å². The van der Waals surface area contributed by atoms with E-state index in [1.165, 1.54) is 11.3 Å². The van der Waals surface area contributed by atoms with E-state index in [0.29, 0.717) is 0 Å². The first kappa shape index (κ1) is 17.6. The quantitative estimate of drug-likeness (QED) is 0.509. The Balaban J connectivity index is 1.49. The number of para-hydroxylation sites is 1. The molecule has 2 aliphatic heterocycles. The molecule has 144 valence electrons. The molecule has 29 heavy (non-hydrogen) atoms. The first-order valence-corrected chi connectivity index (χ1v) is 9.69. The SMILES string of the molecule is CN1c2ccccc2C(C)(C)C12C=Cc1cc(N=Nc3ccncc3)ccc1O2. The molecule has 0 amide bonds. The Hall–Kier alpha value is -3.47. The largest absolute Gasteiger partial charge is 0.463 e. The minimum atomic E-state index is -0.566. The van der Waals surface area contributed by atoms with Crippen molar-refractivity contribution in [2.24, 2.45) is 10.2 Å². The van der Waals surface area contributed by atoms with E-state index in [0.717, 1.165) is 22.7 Å². The molecule has 1 aromatic heterocycles. The third kappa shape index (κ3) is 2.58. The molecule has 5 heteroatoms. The van der Waals surface area contributed by atoms with Crippen molar-refractivity contribution in [1.82, 2.24) is 4.98 Å². The lowest BCUT2D eigenvalue weighted by molar-refractivity contribution is 0.0582. The normalized spacial score (nSPS) is 21.3. The van der Waals surface area contributed by atoms with Crippen LogP contribution in [0.3, 0.4) is 0 Å². The van der Waals surface area contributed by atoms with Crippen molar-refractivity contribution in [2.45, 2.75) is 25.0 Å². The van der Waals surface area contributed by atoms with Crippen molar-refractivity contribution in [1.29, 1.82) is 0 Å². The molecule has 5 nitrogen and oxygen atoms in total. The highest BCUT2D eigenvalue weighted by molar-refractivity contribution is 5.73. The van der Waals surface area contributed by atoms with E-state index >= 15 is 0 Å². The molecule has 0 saturated heterocycles. The van der Waals surface area contributed by atoms with Crippen molar-refractivity contribution >= 4 is 23.1 Å². The van der Waals surface area contributed by atoms with E-state index in [-0.39, 0.29) is 5.41 Å². The summed E-state index contributed by atoms with van der Waals surface area (Å²) in [4.78, 5) is 6.23. The Morgan fingerprint density at radius 2 is 1.69 bits per heavy atom. The monoisotopic (exact) mass is 382 g/mol. The number of likely N-dealkylation sites (N-methyl/N-ethyl adjacent to an activating group) is 1. The predicted molar refractivity (Wildman–Crippen MR) is 115 cm³/mol. The highest BCUT2D eigenvalue weighted by atomic mass is 16.5. The summed E-state index contributed by atoms with van der Waals surface area (Å²) < 4.78 is 6.67. The highest BCUT2D eigenvalue weighted by Crippen LogP contribution is 2.54. The smallest absolute Gasteiger partial charge is 0.211 e. The van der Waals surface area contributed by atoms with Crippen LogP contribution >= 0.6 is 0 Å². The van der Waals surface area contributed by atoms with Crippen molar-refractivity contribution in [3.8, 4) is 5.75 Å². The van der Waals surface area contributed by atoms with Crippen LogP contribution in [0.25, 0.3) is 6.08 Å². The number of anilines is 1. The molecule has 2 aliphatic rings. The first-order chi connectivity index (χ1) is 14.0. The van der Waals surface area contributed by atoms with E-state index in [4.69, 9.17) is 4.74 Å². The highest BCUT2D eigenvalue weighted by Gasteiger charge is 2.57. The van der Waals surface area contributed by atoms with Crippen molar-refractivity contribution < 1.29 is 4.74 Å². The molecule has 1 spiro atoms. The lowest BCUT2D eigenvalue weighted by Gasteiger charge is -2.45. The lowest BCUT2D eigenvalue weighted by Crippen LogP contribution is -2.58. The van der Waals surface area contributed by atoms with Crippen LogP contribution < -0.4 is 9.64 Å². The van der Waals surface area contributed by atoms with Gasteiger partial charge in [-0.15, -0.1) is 0 Å². The second-order valence-corrected chi connectivity index (χ2v) is 7.96. The number of rotatable bonds is 2. The summed E-state index contributed by atoms with van der Waals surface area (Å²) in [5.74, 6) is 0.850. The van der Waals surface area contributed by atoms with Crippen LogP contribution in [-0.4, -0.2) is 17.8 Å². The number of azo groups is 1. The van der Waals surface area contributed by atoms with E-state index in [9.17, 15) is 0 Å². The third-order valence-electron chi connectivity index (χ3n) is 6.02. The number of hydrogen-bond acceptors (Lipinski definition) is 5. The van der Waals surface area contributed by atoms with Gasteiger partial charge in [-0.05, 0) is 68.0 Å². The molecule has 0 saturated carbocycles.